The van der Waals surface area contributed by atoms with Crippen molar-refractivity contribution in [2.24, 2.45) is 0 Å². The van der Waals surface area contributed by atoms with Crippen molar-refractivity contribution in [3.63, 3.8) is 0 Å². The molecule has 0 fully saturated rings. The average Bonchev–Trinajstić information content (AvgIpc) is 2.65. The first-order valence-corrected chi connectivity index (χ1v) is 7.63. The number of hydrogen-bond acceptors (Lipinski definition) is 7. The largest absolute Gasteiger partial charge is 0.454 e. The summed E-state index contributed by atoms with van der Waals surface area (Å²) in [6, 6.07) is 13.1. The number of nitro benzene ring substituents is 1. The Kier molecular flexibility index (Phi) is 4.84. The van der Waals surface area contributed by atoms with Gasteiger partial charge in [0, 0.05) is 23.6 Å². The molecule has 0 bridgehead atoms. The van der Waals surface area contributed by atoms with Crippen LogP contribution < -0.4 is 5.73 Å². The van der Waals surface area contributed by atoms with Gasteiger partial charge in [0.1, 0.15) is 5.82 Å². The fraction of sp³-hybridized carbons (Fsp3) is 0.0556. The molecule has 0 aliphatic carbocycles. The van der Waals surface area contributed by atoms with E-state index in [1.54, 1.807) is 6.07 Å². The SMILES string of the molecule is Nc1nc(COC(=O)/C=C/c2ccc([N+](=O)[O-])cc2)nc2ccccc12. The summed E-state index contributed by atoms with van der Waals surface area (Å²) in [5, 5.41) is 11.3. The lowest BCUT2D eigenvalue weighted by Gasteiger charge is -2.05. The number of hydrogen-bond donors (Lipinski definition) is 1. The quantitative estimate of drug-likeness (QED) is 0.325. The number of fused-ring (bicyclic) bond motifs is 1. The molecule has 0 radical (unpaired) electrons. The summed E-state index contributed by atoms with van der Waals surface area (Å²) in [5.41, 5.74) is 7.17. The number of nitro groups is 1. The molecule has 8 nitrogen and oxygen atoms in total. The van der Waals surface area contributed by atoms with Gasteiger partial charge in [-0.2, -0.15) is 0 Å². The molecule has 26 heavy (non-hydrogen) atoms. The van der Waals surface area contributed by atoms with E-state index in [1.165, 1.54) is 36.4 Å². The molecular weight excluding hydrogens is 336 g/mol. The average molecular weight is 350 g/mol. The molecule has 0 spiro atoms. The predicted molar refractivity (Wildman–Crippen MR) is 95.9 cm³/mol. The van der Waals surface area contributed by atoms with Crippen molar-refractivity contribution in [3.8, 4) is 0 Å². The number of nitrogens with zero attached hydrogens (tertiary/aromatic N) is 3. The number of benzene rings is 2. The van der Waals surface area contributed by atoms with Crippen molar-refractivity contribution in [3.05, 3.63) is 76.1 Å². The molecule has 0 unspecified atom stereocenters. The number of ether oxygens (including phenoxy) is 1. The number of esters is 1. The van der Waals surface area contributed by atoms with Crippen LogP contribution in [0.25, 0.3) is 17.0 Å². The van der Waals surface area contributed by atoms with E-state index in [2.05, 4.69) is 9.97 Å². The lowest BCUT2D eigenvalue weighted by molar-refractivity contribution is -0.384. The third-order valence-electron chi connectivity index (χ3n) is 3.54. The third-order valence-corrected chi connectivity index (χ3v) is 3.54. The molecule has 0 aliphatic heterocycles. The van der Waals surface area contributed by atoms with Crippen LogP contribution in [0.2, 0.25) is 0 Å². The van der Waals surface area contributed by atoms with Gasteiger partial charge < -0.3 is 10.5 Å². The van der Waals surface area contributed by atoms with Gasteiger partial charge in [0.25, 0.3) is 5.69 Å². The van der Waals surface area contributed by atoms with Gasteiger partial charge in [-0.05, 0) is 35.9 Å². The van der Waals surface area contributed by atoms with Crippen LogP contribution in [0, 0.1) is 10.1 Å². The van der Waals surface area contributed by atoms with Crippen LogP contribution in [0.4, 0.5) is 11.5 Å². The normalized spacial score (nSPS) is 10.9. The second-order valence-electron chi connectivity index (χ2n) is 5.33. The van der Waals surface area contributed by atoms with E-state index in [9.17, 15) is 14.9 Å². The van der Waals surface area contributed by atoms with Gasteiger partial charge in [0.2, 0.25) is 0 Å². The number of non-ortho nitro benzene ring substituents is 1. The minimum absolute atomic E-state index is 0.0178. The zero-order chi connectivity index (χ0) is 18.5. The first kappa shape index (κ1) is 17.0. The number of para-hydroxylation sites is 1. The number of nitrogens with two attached hydrogens (primary N) is 1. The smallest absolute Gasteiger partial charge is 0.331 e. The van der Waals surface area contributed by atoms with E-state index in [0.717, 1.165) is 5.39 Å². The van der Waals surface area contributed by atoms with Crippen LogP contribution in [0.5, 0.6) is 0 Å². The number of anilines is 1. The predicted octanol–water partition coefficient (Wildman–Crippen LogP) is 2.88. The van der Waals surface area contributed by atoms with E-state index in [-0.39, 0.29) is 12.3 Å². The zero-order valence-corrected chi connectivity index (χ0v) is 13.5. The monoisotopic (exact) mass is 350 g/mol. The molecular formula is C18H14N4O4. The van der Waals surface area contributed by atoms with Crippen molar-refractivity contribution in [1.82, 2.24) is 9.97 Å². The minimum atomic E-state index is -0.585. The van der Waals surface area contributed by atoms with Crippen LogP contribution in [-0.2, 0) is 16.1 Å². The van der Waals surface area contributed by atoms with Crippen molar-refractivity contribution >= 4 is 34.5 Å². The fourth-order valence-electron chi connectivity index (χ4n) is 2.27. The van der Waals surface area contributed by atoms with Gasteiger partial charge in [-0.25, -0.2) is 14.8 Å². The summed E-state index contributed by atoms with van der Waals surface area (Å²) < 4.78 is 5.10. The maximum atomic E-state index is 11.8. The number of nitrogen functional groups attached to an aromatic ring is 1. The number of aromatic nitrogens is 2. The molecule has 130 valence electrons. The van der Waals surface area contributed by atoms with Crippen LogP contribution >= 0.6 is 0 Å². The van der Waals surface area contributed by atoms with Crippen LogP contribution in [-0.4, -0.2) is 20.9 Å². The Morgan fingerprint density at radius 1 is 1.15 bits per heavy atom. The Morgan fingerprint density at radius 2 is 1.88 bits per heavy atom. The maximum absolute atomic E-state index is 11.8. The van der Waals surface area contributed by atoms with E-state index >= 15 is 0 Å². The number of rotatable bonds is 5. The highest BCUT2D eigenvalue weighted by Crippen LogP contribution is 2.17. The van der Waals surface area contributed by atoms with Crippen LogP contribution in [0.1, 0.15) is 11.4 Å². The van der Waals surface area contributed by atoms with Gasteiger partial charge in [-0.3, -0.25) is 10.1 Å². The van der Waals surface area contributed by atoms with E-state index < -0.39 is 10.9 Å². The second-order valence-corrected chi connectivity index (χ2v) is 5.33. The Balaban J connectivity index is 1.62. The first-order valence-electron chi connectivity index (χ1n) is 7.63. The molecule has 2 N–H and O–H groups in total. The van der Waals surface area contributed by atoms with E-state index in [0.29, 0.717) is 22.7 Å². The Bertz CT molecular complexity index is 1000. The molecule has 2 aromatic carbocycles. The van der Waals surface area contributed by atoms with Crippen molar-refractivity contribution < 1.29 is 14.5 Å². The molecule has 0 saturated heterocycles. The molecule has 3 rings (SSSR count). The summed E-state index contributed by atoms with van der Waals surface area (Å²) in [5.74, 6) is 0.0417. The molecule has 0 amide bonds. The Hall–Kier alpha value is -3.81. The molecule has 1 heterocycles. The molecule has 1 aromatic heterocycles. The van der Waals surface area contributed by atoms with Gasteiger partial charge >= 0.3 is 5.97 Å². The third kappa shape index (κ3) is 3.99. The van der Waals surface area contributed by atoms with Crippen LogP contribution in [0.3, 0.4) is 0 Å². The van der Waals surface area contributed by atoms with Crippen molar-refractivity contribution in [2.75, 3.05) is 5.73 Å². The highest BCUT2D eigenvalue weighted by molar-refractivity contribution is 5.88. The summed E-state index contributed by atoms with van der Waals surface area (Å²) in [7, 11) is 0. The van der Waals surface area contributed by atoms with Gasteiger partial charge in [0.15, 0.2) is 12.4 Å². The summed E-state index contributed by atoms with van der Waals surface area (Å²) in [4.78, 5) is 30.3. The Labute approximate surface area is 148 Å². The molecule has 3 aromatic rings. The fourth-order valence-corrected chi connectivity index (χ4v) is 2.27. The molecule has 0 saturated carbocycles. The highest BCUT2D eigenvalue weighted by atomic mass is 16.6. The molecule has 0 aliphatic rings. The van der Waals surface area contributed by atoms with Crippen LogP contribution in [0.15, 0.2) is 54.6 Å². The summed E-state index contributed by atoms with van der Waals surface area (Å²) in [6.45, 7) is -0.113. The minimum Gasteiger partial charge on any atom is -0.454 e. The topological polar surface area (TPSA) is 121 Å². The molecule has 8 heteroatoms. The number of carbonyl (C=O) groups excluding carboxylic acids is 1. The maximum Gasteiger partial charge on any atom is 0.331 e. The zero-order valence-electron chi connectivity index (χ0n) is 13.5. The van der Waals surface area contributed by atoms with Crippen molar-refractivity contribution in [1.29, 1.82) is 0 Å². The van der Waals surface area contributed by atoms with E-state index in [4.69, 9.17) is 10.5 Å². The summed E-state index contributed by atoms with van der Waals surface area (Å²) >= 11 is 0. The van der Waals surface area contributed by atoms with Crippen molar-refractivity contribution in [2.45, 2.75) is 6.61 Å². The van der Waals surface area contributed by atoms with Gasteiger partial charge in [-0.1, -0.05) is 12.1 Å². The number of carbonyl (C=O) groups is 1. The first-order chi connectivity index (χ1) is 12.5. The summed E-state index contributed by atoms with van der Waals surface area (Å²) in [6.07, 6.45) is 2.73. The lowest BCUT2D eigenvalue weighted by atomic mass is 10.2. The van der Waals surface area contributed by atoms with Gasteiger partial charge in [-0.15, -0.1) is 0 Å². The second kappa shape index (κ2) is 7.39. The highest BCUT2D eigenvalue weighted by Gasteiger charge is 2.07. The van der Waals surface area contributed by atoms with Gasteiger partial charge in [0.05, 0.1) is 10.4 Å². The molecule has 0 atom stereocenters. The van der Waals surface area contributed by atoms with E-state index in [1.807, 2.05) is 18.2 Å². The lowest BCUT2D eigenvalue weighted by Crippen LogP contribution is -2.06. The standard InChI is InChI=1S/C18H14N4O4/c19-18-14-3-1-2-4-15(14)20-16(21-18)11-26-17(23)10-7-12-5-8-13(9-6-12)22(24)25/h1-10H,11H2,(H2,19,20,21)/b10-7+. The Morgan fingerprint density at radius 3 is 2.62 bits per heavy atom.